The van der Waals surface area contributed by atoms with E-state index < -0.39 is 0 Å². The van der Waals surface area contributed by atoms with E-state index in [9.17, 15) is 4.79 Å². The van der Waals surface area contributed by atoms with Gasteiger partial charge in [0.25, 0.3) is 0 Å². The highest BCUT2D eigenvalue weighted by Crippen LogP contribution is 2.41. The molecule has 0 aromatic rings. The third-order valence-electron chi connectivity index (χ3n) is 4.18. The molecular weight excluding hydrogens is 176 g/mol. The first-order chi connectivity index (χ1) is 6.71. The number of hydrogen-bond acceptors (Lipinski definition) is 2. The number of fused-ring (bicyclic) bond motifs is 3. The molecule has 0 aromatic heterocycles. The van der Waals surface area contributed by atoms with Crippen LogP contribution in [0.4, 0.5) is 0 Å². The van der Waals surface area contributed by atoms with Gasteiger partial charge in [0.1, 0.15) is 0 Å². The molecule has 1 N–H and O–H groups in total. The largest absolute Gasteiger partial charge is 0.320 e. The van der Waals surface area contributed by atoms with Gasteiger partial charge in [-0.25, -0.2) is 0 Å². The van der Waals surface area contributed by atoms with Gasteiger partial charge in [0.15, 0.2) is 0 Å². The summed E-state index contributed by atoms with van der Waals surface area (Å²) in [6.45, 7) is 2.19. The first-order valence-electron chi connectivity index (χ1n) is 5.81. The van der Waals surface area contributed by atoms with Gasteiger partial charge in [-0.15, -0.1) is 0 Å². The molecule has 14 heavy (non-hydrogen) atoms. The maximum absolute atomic E-state index is 11.8. The Hall–Kier alpha value is -0.570. The quantitative estimate of drug-likeness (QED) is 0.629. The van der Waals surface area contributed by atoms with Crippen LogP contribution >= 0.6 is 0 Å². The fourth-order valence-electron chi connectivity index (χ4n) is 3.55. The van der Waals surface area contributed by atoms with Gasteiger partial charge in [0.2, 0.25) is 5.91 Å². The van der Waals surface area contributed by atoms with Crippen LogP contribution in [0.2, 0.25) is 0 Å². The van der Waals surface area contributed by atoms with E-state index in [1.54, 1.807) is 0 Å². The molecule has 2 saturated heterocycles. The highest BCUT2D eigenvalue weighted by atomic mass is 16.2. The number of hydrogen-bond donors (Lipinski definition) is 1. The minimum absolute atomic E-state index is 0.00322. The van der Waals surface area contributed by atoms with E-state index in [0.29, 0.717) is 18.0 Å². The van der Waals surface area contributed by atoms with Crippen molar-refractivity contribution in [1.29, 1.82) is 0 Å². The summed E-state index contributed by atoms with van der Waals surface area (Å²) in [4.78, 5) is 14.0. The first kappa shape index (κ1) is 8.72. The summed E-state index contributed by atoms with van der Waals surface area (Å²) in [5, 5.41) is 3.67. The molecular formula is C11H18N2O. The van der Waals surface area contributed by atoms with Gasteiger partial charge in [0, 0.05) is 18.5 Å². The molecule has 3 aliphatic rings. The third kappa shape index (κ3) is 0.991. The molecule has 0 bridgehead atoms. The van der Waals surface area contributed by atoms with Gasteiger partial charge < -0.3 is 4.90 Å². The van der Waals surface area contributed by atoms with Crippen molar-refractivity contribution in [3.8, 4) is 0 Å². The van der Waals surface area contributed by atoms with Crippen molar-refractivity contribution < 1.29 is 4.79 Å². The number of carbonyl (C=O) groups is 1. The second kappa shape index (κ2) is 2.72. The van der Waals surface area contributed by atoms with Gasteiger partial charge in [0.05, 0.1) is 5.66 Å². The second-order valence-corrected chi connectivity index (χ2v) is 5.14. The molecule has 2 aliphatic heterocycles. The number of amides is 1. The molecule has 0 unspecified atom stereocenters. The number of nitrogens with one attached hydrogen (secondary N) is 1. The average molecular weight is 194 g/mol. The second-order valence-electron chi connectivity index (χ2n) is 5.14. The SMILES string of the molecule is C[C@]12CCC(=O)N1[C@@H]1CCCC[C@H]1N2. The van der Waals surface area contributed by atoms with Crippen LogP contribution in [0.25, 0.3) is 0 Å². The predicted octanol–water partition coefficient (Wildman–Crippen LogP) is 1.24. The molecule has 1 aliphatic carbocycles. The molecule has 3 nitrogen and oxygen atoms in total. The Balaban J connectivity index is 1.92. The predicted molar refractivity (Wildman–Crippen MR) is 53.7 cm³/mol. The molecule has 0 aromatic carbocycles. The number of carbonyl (C=O) groups excluding carboxylic acids is 1. The topological polar surface area (TPSA) is 32.3 Å². The monoisotopic (exact) mass is 194 g/mol. The molecule has 1 saturated carbocycles. The molecule has 0 spiro atoms. The molecule has 1 amide bonds. The van der Waals surface area contributed by atoms with Crippen LogP contribution < -0.4 is 5.32 Å². The lowest BCUT2D eigenvalue weighted by Gasteiger charge is -2.32. The third-order valence-corrected chi connectivity index (χ3v) is 4.18. The summed E-state index contributed by atoms with van der Waals surface area (Å²) in [6, 6.07) is 1.08. The van der Waals surface area contributed by atoms with Crippen molar-refractivity contribution >= 4 is 5.91 Å². The first-order valence-corrected chi connectivity index (χ1v) is 5.81. The summed E-state index contributed by atoms with van der Waals surface area (Å²) in [5.74, 6) is 0.370. The van der Waals surface area contributed by atoms with Crippen molar-refractivity contribution in [2.24, 2.45) is 0 Å². The van der Waals surface area contributed by atoms with E-state index in [4.69, 9.17) is 0 Å². The van der Waals surface area contributed by atoms with E-state index in [0.717, 1.165) is 12.8 Å². The van der Waals surface area contributed by atoms with Crippen LogP contribution in [-0.4, -0.2) is 28.6 Å². The van der Waals surface area contributed by atoms with Crippen LogP contribution in [0.3, 0.4) is 0 Å². The minimum atomic E-state index is -0.00322. The van der Waals surface area contributed by atoms with Crippen molar-refractivity contribution in [2.75, 3.05) is 0 Å². The Kier molecular flexibility index (Phi) is 1.69. The molecule has 3 heteroatoms. The maximum atomic E-state index is 11.8. The lowest BCUT2D eigenvalue weighted by molar-refractivity contribution is -0.132. The Morgan fingerprint density at radius 3 is 3.07 bits per heavy atom. The zero-order chi connectivity index (χ0) is 9.76. The smallest absolute Gasteiger partial charge is 0.224 e. The van der Waals surface area contributed by atoms with Crippen molar-refractivity contribution in [1.82, 2.24) is 10.2 Å². The van der Waals surface area contributed by atoms with E-state index in [1.165, 1.54) is 25.7 Å². The minimum Gasteiger partial charge on any atom is -0.320 e. The lowest BCUT2D eigenvalue weighted by atomic mass is 9.91. The average Bonchev–Trinajstić information content (AvgIpc) is 2.60. The van der Waals surface area contributed by atoms with Crippen LogP contribution in [0.1, 0.15) is 45.4 Å². The van der Waals surface area contributed by atoms with E-state index >= 15 is 0 Å². The maximum Gasteiger partial charge on any atom is 0.224 e. The van der Waals surface area contributed by atoms with Crippen molar-refractivity contribution in [2.45, 2.75) is 63.2 Å². The van der Waals surface area contributed by atoms with Gasteiger partial charge in [-0.2, -0.15) is 0 Å². The fraction of sp³-hybridized carbons (Fsp3) is 0.909. The fourth-order valence-corrected chi connectivity index (χ4v) is 3.55. The molecule has 3 rings (SSSR count). The van der Waals surface area contributed by atoms with Crippen LogP contribution in [0, 0.1) is 0 Å². The Morgan fingerprint density at radius 1 is 1.43 bits per heavy atom. The summed E-state index contributed by atoms with van der Waals surface area (Å²) < 4.78 is 0. The Bertz CT molecular complexity index is 278. The van der Waals surface area contributed by atoms with Gasteiger partial charge in [-0.3, -0.25) is 10.1 Å². The summed E-state index contributed by atoms with van der Waals surface area (Å²) in [7, 11) is 0. The van der Waals surface area contributed by atoms with Crippen LogP contribution in [0.5, 0.6) is 0 Å². The van der Waals surface area contributed by atoms with Crippen LogP contribution in [-0.2, 0) is 4.79 Å². The van der Waals surface area contributed by atoms with Crippen molar-refractivity contribution in [3.63, 3.8) is 0 Å². The van der Waals surface area contributed by atoms with Gasteiger partial charge >= 0.3 is 0 Å². The lowest BCUT2D eigenvalue weighted by Crippen LogP contribution is -2.47. The van der Waals surface area contributed by atoms with Gasteiger partial charge in [-0.1, -0.05) is 12.8 Å². The Morgan fingerprint density at radius 2 is 2.21 bits per heavy atom. The Labute approximate surface area is 84.8 Å². The molecule has 3 atom stereocenters. The normalized spacial score (nSPS) is 46.6. The van der Waals surface area contributed by atoms with Gasteiger partial charge in [-0.05, 0) is 26.2 Å². The van der Waals surface area contributed by atoms with E-state index in [1.807, 2.05) is 0 Å². The zero-order valence-corrected chi connectivity index (χ0v) is 8.75. The molecule has 3 fully saturated rings. The number of rotatable bonds is 0. The van der Waals surface area contributed by atoms with E-state index in [-0.39, 0.29) is 5.66 Å². The van der Waals surface area contributed by atoms with E-state index in [2.05, 4.69) is 17.1 Å². The molecule has 2 heterocycles. The summed E-state index contributed by atoms with van der Waals surface area (Å²) in [5.41, 5.74) is -0.00322. The molecule has 0 radical (unpaired) electrons. The number of nitrogens with zero attached hydrogens (tertiary/aromatic N) is 1. The summed E-state index contributed by atoms with van der Waals surface area (Å²) >= 11 is 0. The zero-order valence-electron chi connectivity index (χ0n) is 8.75. The standard InChI is InChI=1S/C11H18N2O/c1-11-7-6-10(14)13(11)9-5-3-2-4-8(9)12-11/h8-9,12H,2-7H2,1H3/t8-,9-,11-/m1/s1. The highest BCUT2D eigenvalue weighted by molar-refractivity contribution is 5.80. The summed E-state index contributed by atoms with van der Waals surface area (Å²) in [6.07, 6.45) is 6.82. The van der Waals surface area contributed by atoms with Crippen molar-refractivity contribution in [3.05, 3.63) is 0 Å². The van der Waals surface area contributed by atoms with Crippen LogP contribution in [0.15, 0.2) is 0 Å². The molecule has 78 valence electrons. The highest BCUT2D eigenvalue weighted by Gasteiger charge is 2.54.